The Bertz CT molecular complexity index is 632. The second-order valence-electron chi connectivity index (χ2n) is 5.06. The smallest absolute Gasteiger partial charge is 0.305 e. The third-order valence-electron chi connectivity index (χ3n) is 3.71. The van der Waals surface area contributed by atoms with Crippen LogP contribution >= 0.6 is 0 Å². The summed E-state index contributed by atoms with van der Waals surface area (Å²) in [7, 11) is 1.81. The normalized spacial score (nSPS) is 17.1. The maximum atomic E-state index is 11.0. The zero-order valence-electron chi connectivity index (χ0n) is 10.6. The van der Waals surface area contributed by atoms with Crippen molar-refractivity contribution >= 4 is 22.8 Å². The van der Waals surface area contributed by atoms with Gasteiger partial charge in [-0.25, -0.2) is 9.97 Å². The van der Waals surface area contributed by atoms with Crippen LogP contribution in [0.4, 0.5) is 5.82 Å². The van der Waals surface area contributed by atoms with Crippen molar-refractivity contribution in [2.24, 2.45) is 7.05 Å². The molecule has 0 amide bonds. The SMILES string of the molecule is Cn1ncc2c(NC3(CC(=O)O)CCC3)ncnc21. The van der Waals surface area contributed by atoms with E-state index in [-0.39, 0.29) is 12.0 Å². The molecular formula is C12H15N5O2. The minimum atomic E-state index is -0.788. The number of carboxylic acids is 1. The van der Waals surface area contributed by atoms with Crippen molar-refractivity contribution in [2.45, 2.75) is 31.2 Å². The summed E-state index contributed by atoms with van der Waals surface area (Å²) in [6.07, 6.45) is 6.03. The first-order valence-electron chi connectivity index (χ1n) is 6.22. The molecule has 1 aliphatic carbocycles. The third-order valence-corrected chi connectivity index (χ3v) is 3.71. The Morgan fingerprint density at radius 2 is 2.32 bits per heavy atom. The molecule has 100 valence electrons. The number of hydrogen-bond acceptors (Lipinski definition) is 5. The van der Waals surface area contributed by atoms with Gasteiger partial charge in [0, 0.05) is 12.6 Å². The zero-order chi connectivity index (χ0) is 13.5. The van der Waals surface area contributed by atoms with Gasteiger partial charge in [0.25, 0.3) is 0 Å². The minimum absolute atomic E-state index is 0.110. The summed E-state index contributed by atoms with van der Waals surface area (Å²) in [6.45, 7) is 0. The monoisotopic (exact) mass is 261 g/mol. The lowest BCUT2D eigenvalue weighted by Crippen LogP contribution is -2.47. The fraction of sp³-hybridized carbons (Fsp3) is 0.500. The van der Waals surface area contributed by atoms with Gasteiger partial charge in [0.2, 0.25) is 0 Å². The first-order valence-corrected chi connectivity index (χ1v) is 6.22. The Kier molecular flexibility index (Phi) is 2.62. The predicted octanol–water partition coefficient (Wildman–Crippen LogP) is 1.17. The van der Waals surface area contributed by atoms with Crippen LogP contribution in [0.3, 0.4) is 0 Å². The van der Waals surface area contributed by atoms with E-state index in [0.29, 0.717) is 5.82 Å². The van der Waals surface area contributed by atoms with Crippen molar-refractivity contribution in [1.29, 1.82) is 0 Å². The van der Waals surface area contributed by atoms with E-state index in [2.05, 4.69) is 20.4 Å². The van der Waals surface area contributed by atoms with Gasteiger partial charge in [-0.2, -0.15) is 5.10 Å². The average Bonchev–Trinajstić information content (AvgIpc) is 2.69. The molecule has 3 rings (SSSR count). The highest BCUT2D eigenvalue weighted by Crippen LogP contribution is 2.38. The summed E-state index contributed by atoms with van der Waals surface area (Å²) in [5.41, 5.74) is 0.366. The molecule has 2 aromatic heterocycles. The molecule has 7 nitrogen and oxygen atoms in total. The molecule has 7 heteroatoms. The van der Waals surface area contributed by atoms with E-state index in [4.69, 9.17) is 5.11 Å². The van der Waals surface area contributed by atoms with Gasteiger partial charge in [0.05, 0.1) is 18.0 Å². The van der Waals surface area contributed by atoms with Crippen LogP contribution in [0.1, 0.15) is 25.7 Å². The van der Waals surface area contributed by atoms with Crippen molar-refractivity contribution < 1.29 is 9.90 Å². The summed E-state index contributed by atoms with van der Waals surface area (Å²) in [5.74, 6) is -0.122. The summed E-state index contributed by atoms with van der Waals surface area (Å²) in [4.78, 5) is 19.4. The molecule has 1 aliphatic rings. The lowest BCUT2D eigenvalue weighted by molar-refractivity contribution is -0.138. The molecule has 0 unspecified atom stereocenters. The Balaban J connectivity index is 1.94. The molecule has 2 heterocycles. The maximum Gasteiger partial charge on any atom is 0.305 e. The molecule has 2 N–H and O–H groups in total. The first-order chi connectivity index (χ1) is 9.10. The largest absolute Gasteiger partial charge is 0.481 e. The molecule has 2 aromatic rings. The molecule has 0 saturated heterocycles. The molecule has 0 aliphatic heterocycles. The van der Waals surface area contributed by atoms with Crippen LogP contribution in [-0.4, -0.2) is 36.4 Å². The van der Waals surface area contributed by atoms with Crippen LogP contribution in [0, 0.1) is 0 Å². The number of aromatic nitrogens is 4. The summed E-state index contributed by atoms with van der Waals surface area (Å²) in [6, 6.07) is 0. The lowest BCUT2D eigenvalue weighted by Gasteiger charge is -2.41. The number of nitrogens with zero attached hydrogens (tertiary/aromatic N) is 4. The van der Waals surface area contributed by atoms with Crippen LogP contribution in [0.5, 0.6) is 0 Å². The highest BCUT2D eigenvalue weighted by molar-refractivity contribution is 5.86. The Morgan fingerprint density at radius 3 is 2.95 bits per heavy atom. The standard InChI is InChI=1S/C12H15N5O2/c1-17-11-8(6-15-17)10(13-7-14-11)16-12(3-2-4-12)5-9(18)19/h6-7H,2-5H2,1H3,(H,18,19)(H,13,14,16). The Morgan fingerprint density at radius 1 is 1.53 bits per heavy atom. The number of carbonyl (C=O) groups is 1. The Labute approximate surface area is 109 Å². The molecule has 0 spiro atoms. The fourth-order valence-electron chi connectivity index (χ4n) is 2.55. The first kappa shape index (κ1) is 11.9. The van der Waals surface area contributed by atoms with Crippen molar-refractivity contribution in [1.82, 2.24) is 19.7 Å². The number of carboxylic acid groups (broad SMARTS) is 1. The zero-order valence-corrected chi connectivity index (χ0v) is 10.6. The van der Waals surface area contributed by atoms with Gasteiger partial charge in [-0.05, 0) is 19.3 Å². The lowest BCUT2D eigenvalue weighted by atomic mass is 9.74. The van der Waals surface area contributed by atoms with E-state index < -0.39 is 5.97 Å². The van der Waals surface area contributed by atoms with Gasteiger partial charge in [-0.1, -0.05) is 0 Å². The molecule has 0 aromatic carbocycles. The quantitative estimate of drug-likeness (QED) is 0.858. The Hall–Kier alpha value is -2.18. The van der Waals surface area contributed by atoms with Gasteiger partial charge in [-0.3, -0.25) is 9.48 Å². The minimum Gasteiger partial charge on any atom is -0.481 e. The number of aryl methyl sites for hydroxylation is 1. The van der Waals surface area contributed by atoms with E-state index in [1.54, 1.807) is 10.9 Å². The summed E-state index contributed by atoms with van der Waals surface area (Å²) in [5, 5.41) is 17.3. The van der Waals surface area contributed by atoms with E-state index in [1.807, 2.05) is 7.05 Å². The number of rotatable bonds is 4. The van der Waals surface area contributed by atoms with Gasteiger partial charge < -0.3 is 10.4 Å². The molecule has 19 heavy (non-hydrogen) atoms. The number of fused-ring (bicyclic) bond motifs is 1. The van der Waals surface area contributed by atoms with Crippen molar-refractivity contribution in [3.8, 4) is 0 Å². The van der Waals surface area contributed by atoms with Gasteiger partial charge in [0.1, 0.15) is 12.1 Å². The number of nitrogens with one attached hydrogen (secondary N) is 1. The van der Waals surface area contributed by atoms with Crippen molar-refractivity contribution in [3.05, 3.63) is 12.5 Å². The second kappa shape index (κ2) is 4.18. The van der Waals surface area contributed by atoms with Crippen LogP contribution in [-0.2, 0) is 11.8 Å². The van der Waals surface area contributed by atoms with Gasteiger partial charge in [-0.15, -0.1) is 0 Å². The average molecular weight is 261 g/mol. The summed E-state index contributed by atoms with van der Waals surface area (Å²) >= 11 is 0. The van der Waals surface area contributed by atoms with Crippen molar-refractivity contribution in [3.63, 3.8) is 0 Å². The molecule has 0 radical (unpaired) electrons. The number of hydrogen-bond donors (Lipinski definition) is 2. The maximum absolute atomic E-state index is 11.0. The highest BCUT2D eigenvalue weighted by atomic mass is 16.4. The highest BCUT2D eigenvalue weighted by Gasteiger charge is 2.39. The molecular weight excluding hydrogens is 246 g/mol. The van der Waals surface area contributed by atoms with Crippen molar-refractivity contribution in [2.75, 3.05) is 5.32 Å². The second-order valence-corrected chi connectivity index (χ2v) is 5.06. The topological polar surface area (TPSA) is 92.9 Å². The van der Waals surface area contributed by atoms with Gasteiger partial charge >= 0.3 is 5.97 Å². The number of anilines is 1. The molecule has 1 saturated carbocycles. The van der Waals surface area contributed by atoms with E-state index in [1.165, 1.54) is 6.33 Å². The van der Waals surface area contributed by atoms with Crippen LogP contribution < -0.4 is 5.32 Å². The van der Waals surface area contributed by atoms with Gasteiger partial charge in [0.15, 0.2) is 5.65 Å². The van der Waals surface area contributed by atoms with E-state index >= 15 is 0 Å². The fourth-order valence-corrected chi connectivity index (χ4v) is 2.55. The van der Waals surface area contributed by atoms with Crippen LogP contribution in [0.15, 0.2) is 12.5 Å². The number of aliphatic carboxylic acids is 1. The van der Waals surface area contributed by atoms with Crippen LogP contribution in [0.2, 0.25) is 0 Å². The molecule has 0 atom stereocenters. The summed E-state index contributed by atoms with van der Waals surface area (Å²) < 4.78 is 1.67. The predicted molar refractivity (Wildman–Crippen MR) is 68.8 cm³/mol. The van der Waals surface area contributed by atoms with E-state index in [9.17, 15) is 4.79 Å². The van der Waals surface area contributed by atoms with E-state index in [0.717, 1.165) is 30.3 Å². The molecule has 0 bridgehead atoms. The molecule has 1 fully saturated rings. The third kappa shape index (κ3) is 2.00. The van der Waals surface area contributed by atoms with Crippen LogP contribution in [0.25, 0.3) is 11.0 Å².